The van der Waals surface area contributed by atoms with Gasteiger partial charge in [-0.2, -0.15) is 0 Å². The first kappa shape index (κ1) is 23.2. The molecule has 1 nitrogen and oxygen atoms in total. The molecule has 0 aliphatic heterocycles. The maximum absolute atomic E-state index is 10.9. The van der Waals surface area contributed by atoms with E-state index in [1.54, 1.807) is 0 Å². The molecule has 1 N–H and O–H groups in total. The van der Waals surface area contributed by atoms with E-state index in [1.807, 2.05) is 11.1 Å². The molecular formula is C31H50O. The van der Waals surface area contributed by atoms with Crippen molar-refractivity contribution in [1.29, 1.82) is 0 Å². The van der Waals surface area contributed by atoms with Crippen LogP contribution in [-0.4, -0.2) is 11.2 Å². The molecule has 0 bridgehead atoms. The van der Waals surface area contributed by atoms with Gasteiger partial charge in [0.2, 0.25) is 0 Å². The Hall–Kier alpha value is -0.560. The predicted molar refractivity (Wildman–Crippen MR) is 135 cm³/mol. The van der Waals surface area contributed by atoms with Crippen molar-refractivity contribution in [3.63, 3.8) is 0 Å². The first-order chi connectivity index (χ1) is 14.8. The van der Waals surface area contributed by atoms with Crippen LogP contribution in [0.25, 0.3) is 0 Å². The average molecular weight is 439 g/mol. The van der Waals surface area contributed by atoms with Crippen LogP contribution < -0.4 is 0 Å². The Bertz CT molecular complexity index is 851. The van der Waals surface area contributed by atoms with Crippen LogP contribution in [0, 0.1) is 44.3 Å². The molecule has 3 fully saturated rings. The van der Waals surface area contributed by atoms with E-state index < -0.39 is 0 Å². The van der Waals surface area contributed by atoms with Gasteiger partial charge in [-0.15, -0.1) is 6.58 Å². The van der Waals surface area contributed by atoms with Crippen LogP contribution in [0.5, 0.6) is 0 Å². The van der Waals surface area contributed by atoms with Gasteiger partial charge in [0.1, 0.15) is 0 Å². The molecule has 0 heterocycles. The van der Waals surface area contributed by atoms with E-state index >= 15 is 0 Å². The van der Waals surface area contributed by atoms with Crippen molar-refractivity contribution in [2.75, 3.05) is 0 Å². The number of rotatable bonds is 1. The summed E-state index contributed by atoms with van der Waals surface area (Å²) in [6.45, 7) is 22.1. The molecule has 5 aliphatic rings. The van der Waals surface area contributed by atoms with Crippen LogP contribution >= 0.6 is 0 Å². The van der Waals surface area contributed by atoms with E-state index in [1.165, 1.54) is 64.2 Å². The fourth-order valence-corrected chi connectivity index (χ4v) is 10.5. The topological polar surface area (TPSA) is 20.2 Å². The quantitative estimate of drug-likeness (QED) is 0.407. The smallest absolute Gasteiger partial charge is 0.0594 e. The lowest BCUT2D eigenvalue weighted by Crippen LogP contribution is -2.61. The SMILES string of the molecule is C=C[C@]1(C)CC[C@]2(C)CC[C@]3(C)C4=C(CC[C@@]3(C)[C@@H]2C1)[C@@]1(C)CC[C@H](O)C(C)(C)C1CC4. The van der Waals surface area contributed by atoms with Gasteiger partial charge >= 0.3 is 0 Å². The molecule has 3 saturated carbocycles. The number of aliphatic hydroxyl groups is 1. The van der Waals surface area contributed by atoms with Crippen LogP contribution in [0.4, 0.5) is 0 Å². The number of hydrogen-bond donors (Lipinski definition) is 1. The fourth-order valence-electron chi connectivity index (χ4n) is 10.5. The second-order valence-corrected chi connectivity index (χ2v) is 14.9. The van der Waals surface area contributed by atoms with Crippen LogP contribution in [0.15, 0.2) is 23.8 Å². The largest absolute Gasteiger partial charge is 0.393 e. The molecule has 0 aromatic carbocycles. The van der Waals surface area contributed by atoms with E-state index in [9.17, 15) is 5.11 Å². The van der Waals surface area contributed by atoms with Gasteiger partial charge in [0.25, 0.3) is 0 Å². The Morgan fingerprint density at radius 2 is 1.47 bits per heavy atom. The highest BCUT2D eigenvalue weighted by atomic mass is 16.3. The molecule has 0 amide bonds. The van der Waals surface area contributed by atoms with Gasteiger partial charge in [0, 0.05) is 0 Å². The zero-order chi connectivity index (χ0) is 23.4. The molecule has 180 valence electrons. The lowest BCUT2D eigenvalue weighted by Gasteiger charge is -2.69. The Kier molecular flexibility index (Phi) is 4.90. The van der Waals surface area contributed by atoms with Gasteiger partial charge in [-0.3, -0.25) is 0 Å². The first-order valence-electron chi connectivity index (χ1n) is 13.8. The zero-order valence-corrected chi connectivity index (χ0v) is 22.2. The minimum absolute atomic E-state index is 0.0352. The van der Waals surface area contributed by atoms with Gasteiger partial charge in [-0.05, 0) is 115 Å². The third kappa shape index (κ3) is 2.73. The minimum Gasteiger partial charge on any atom is -0.393 e. The second kappa shape index (κ2) is 6.77. The molecule has 1 heteroatoms. The van der Waals surface area contributed by atoms with Gasteiger partial charge in [0.15, 0.2) is 0 Å². The molecule has 0 aromatic heterocycles. The van der Waals surface area contributed by atoms with E-state index in [-0.39, 0.29) is 11.5 Å². The molecule has 1 unspecified atom stereocenters. The summed E-state index contributed by atoms with van der Waals surface area (Å²) in [6, 6.07) is 0. The lowest BCUT2D eigenvalue weighted by molar-refractivity contribution is -0.151. The molecule has 32 heavy (non-hydrogen) atoms. The van der Waals surface area contributed by atoms with Crippen LogP contribution in [-0.2, 0) is 0 Å². The Labute approximate surface area is 198 Å². The number of allylic oxidation sites excluding steroid dienone is 3. The van der Waals surface area contributed by atoms with E-state index in [0.717, 1.165) is 12.3 Å². The average Bonchev–Trinajstić information content (AvgIpc) is 2.74. The summed E-state index contributed by atoms with van der Waals surface area (Å²) in [4.78, 5) is 0. The maximum Gasteiger partial charge on any atom is 0.0594 e. The van der Waals surface area contributed by atoms with Crippen molar-refractivity contribution in [3.05, 3.63) is 23.8 Å². The number of fused-ring (bicyclic) bond motifs is 6. The zero-order valence-electron chi connectivity index (χ0n) is 22.2. The molecule has 0 saturated heterocycles. The van der Waals surface area contributed by atoms with Crippen molar-refractivity contribution in [2.24, 2.45) is 44.3 Å². The number of aliphatic hydroxyl groups excluding tert-OH is 1. The summed E-state index contributed by atoms with van der Waals surface area (Å²) in [5, 5.41) is 10.9. The monoisotopic (exact) mass is 438 g/mol. The summed E-state index contributed by atoms with van der Waals surface area (Å²) in [5.41, 5.74) is 5.62. The lowest BCUT2D eigenvalue weighted by atomic mass is 9.35. The summed E-state index contributed by atoms with van der Waals surface area (Å²) in [7, 11) is 0. The van der Waals surface area contributed by atoms with Gasteiger partial charge < -0.3 is 5.11 Å². The van der Waals surface area contributed by atoms with Crippen molar-refractivity contribution in [1.82, 2.24) is 0 Å². The van der Waals surface area contributed by atoms with Gasteiger partial charge in [-0.25, -0.2) is 0 Å². The van der Waals surface area contributed by atoms with Gasteiger partial charge in [-0.1, -0.05) is 65.7 Å². The van der Waals surface area contributed by atoms with Crippen LogP contribution in [0.3, 0.4) is 0 Å². The fraction of sp³-hybridized carbons (Fsp3) is 0.871. The van der Waals surface area contributed by atoms with Gasteiger partial charge in [0.05, 0.1) is 6.10 Å². The number of hydrogen-bond acceptors (Lipinski definition) is 1. The summed E-state index contributed by atoms with van der Waals surface area (Å²) < 4.78 is 0. The molecule has 5 rings (SSSR count). The normalized spacial score (nSPS) is 54.7. The summed E-state index contributed by atoms with van der Waals surface area (Å²) in [5.74, 6) is 1.42. The van der Waals surface area contributed by atoms with E-state index in [2.05, 4.69) is 61.1 Å². The highest BCUT2D eigenvalue weighted by Gasteiger charge is 2.65. The van der Waals surface area contributed by atoms with Crippen LogP contribution in [0.2, 0.25) is 0 Å². The molecular weight excluding hydrogens is 388 g/mol. The standard InChI is InChI=1S/C31H50O/c1-9-27(4)16-17-28(5)18-19-30(7)22-10-11-23-26(2,3)25(32)13-14-29(23,6)21(22)12-15-31(30,8)24(28)20-27/h9,23-25,32H,1,10-20H2,2-8H3/t23?,24-,25+,27-,28-,29-,30-,31+/m1/s1. The summed E-state index contributed by atoms with van der Waals surface area (Å²) >= 11 is 0. The molecule has 5 aliphatic carbocycles. The third-order valence-electron chi connectivity index (χ3n) is 13.3. The molecule has 0 aromatic rings. The maximum atomic E-state index is 10.9. The van der Waals surface area contributed by atoms with Crippen molar-refractivity contribution < 1.29 is 5.11 Å². The highest BCUT2D eigenvalue weighted by molar-refractivity contribution is 5.39. The molecule has 0 radical (unpaired) electrons. The van der Waals surface area contributed by atoms with Crippen molar-refractivity contribution >= 4 is 0 Å². The van der Waals surface area contributed by atoms with E-state index in [0.29, 0.717) is 33.0 Å². The van der Waals surface area contributed by atoms with Crippen molar-refractivity contribution in [2.45, 2.75) is 125 Å². The molecule has 8 atom stereocenters. The first-order valence-corrected chi connectivity index (χ1v) is 13.8. The summed E-state index contributed by atoms with van der Waals surface area (Å²) in [6.07, 6.45) is 16.3. The van der Waals surface area contributed by atoms with E-state index in [4.69, 9.17) is 0 Å². The van der Waals surface area contributed by atoms with Crippen LogP contribution in [0.1, 0.15) is 119 Å². The minimum atomic E-state index is -0.138. The van der Waals surface area contributed by atoms with Crippen molar-refractivity contribution in [3.8, 4) is 0 Å². The third-order valence-corrected chi connectivity index (χ3v) is 13.3. The Balaban J connectivity index is 1.59. The molecule has 0 spiro atoms. The Morgan fingerprint density at radius 3 is 2.16 bits per heavy atom. The predicted octanol–water partition coefficient (Wildman–Crippen LogP) is 8.48. The second-order valence-electron chi connectivity index (χ2n) is 14.9. The Morgan fingerprint density at radius 1 is 0.781 bits per heavy atom. The highest BCUT2D eigenvalue weighted by Crippen LogP contribution is 2.75.